The second-order valence-electron chi connectivity index (χ2n) is 5.48. The molecule has 0 bridgehead atoms. The Labute approximate surface area is 125 Å². The maximum Gasteiger partial charge on any atom is 0.264 e. The first-order valence-electron chi connectivity index (χ1n) is 6.88. The van der Waals surface area contributed by atoms with Crippen LogP contribution in [0.3, 0.4) is 0 Å². The summed E-state index contributed by atoms with van der Waals surface area (Å²) < 4.78 is 27.0. The molecule has 0 aliphatic carbocycles. The zero-order chi connectivity index (χ0) is 15.2. The van der Waals surface area contributed by atoms with Crippen LogP contribution in [0.4, 0.5) is 11.4 Å². The lowest BCUT2D eigenvalue weighted by molar-refractivity contribution is 0.592. The van der Waals surface area contributed by atoms with E-state index in [4.69, 9.17) is 5.73 Å². The summed E-state index contributed by atoms with van der Waals surface area (Å²) in [5.41, 5.74) is 10.3. The van der Waals surface area contributed by atoms with Gasteiger partial charge in [0, 0.05) is 12.2 Å². The van der Waals surface area contributed by atoms with E-state index in [-0.39, 0.29) is 0 Å². The number of aryl methyl sites for hydroxylation is 2. The molecule has 0 saturated carbocycles. The number of nitrogen functional groups attached to an aromatic ring is 1. The van der Waals surface area contributed by atoms with Gasteiger partial charge in [0.1, 0.15) is 0 Å². The van der Waals surface area contributed by atoms with Gasteiger partial charge >= 0.3 is 0 Å². The topological polar surface area (TPSA) is 63.4 Å². The quantitative estimate of drug-likeness (QED) is 0.867. The minimum Gasteiger partial charge on any atom is -0.398 e. The summed E-state index contributed by atoms with van der Waals surface area (Å²) in [4.78, 5) is 0.320. The molecule has 0 atom stereocenters. The third kappa shape index (κ3) is 2.27. The van der Waals surface area contributed by atoms with Gasteiger partial charge in [-0.05, 0) is 49.6 Å². The highest BCUT2D eigenvalue weighted by Gasteiger charge is 2.31. The van der Waals surface area contributed by atoms with Crippen LogP contribution in [0, 0.1) is 13.8 Å². The molecule has 110 valence electrons. The second kappa shape index (κ2) is 4.77. The molecule has 1 aliphatic heterocycles. The molecule has 2 N–H and O–H groups in total. The summed E-state index contributed by atoms with van der Waals surface area (Å²) in [5, 5.41) is 0. The Morgan fingerprint density at radius 1 is 1.10 bits per heavy atom. The minimum atomic E-state index is -3.52. The number of hydrogen-bond acceptors (Lipinski definition) is 3. The van der Waals surface area contributed by atoms with Crippen molar-refractivity contribution in [3.05, 3.63) is 53.1 Å². The Kier molecular flexibility index (Phi) is 3.17. The number of rotatable bonds is 2. The molecule has 5 heteroatoms. The Balaban J connectivity index is 2.07. The SMILES string of the molecule is Cc1ccc(S(=O)(=O)N2CCc3cc(C)c(N)cc32)cc1. The van der Waals surface area contributed by atoms with Crippen molar-refractivity contribution in [3.63, 3.8) is 0 Å². The average Bonchev–Trinajstić information content (AvgIpc) is 2.83. The molecule has 2 aromatic rings. The molecule has 0 radical (unpaired) electrons. The lowest BCUT2D eigenvalue weighted by Gasteiger charge is -2.20. The number of fused-ring (bicyclic) bond motifs is 1. The lowest BCUT2D eigenvalue weighted by Crippen LogP contribution is -2.29. The molecule has 1 heterocycles. The van der Waals surface area contributed by atoms with Crippen LogP contribution in [-0.2, 0) is 16.4 Å². The zero-order valence-electron chi connectivity index (χ0n) is 12.1. The third-order valence-electron chi connectivity index (χ3n) is 3.93. The first kappa shape index (κ1) is 13.9. The summed E-state index contributed by atoms with van der Waals surface area (Å²) in [5.74, 6) is 0. The van der Waals surface area contributed by atoms with Crippen molar-refractivity contribution in [3.8, 4) is 0 Å². The van der Waals surface area contributed by atoms with Crippen LogP contribution in [0.5, 0.6) is 0 Å². The summed E-state index contributed by atoms with van der Waals surface area (Å²) in [6, 6.07) is 10.7. The largest absolute Gasteiger partial charge is 0.398 e. The minimum absolute atomic E-state index is 0.320. The highest BCUT2D eigenvalue weighted by molar-refractivity contribution is 7.92. The molecule has 3 rings (SSSR count). The van der Waals surface area contributed by atoms with Crippen LogP contribution in [0.1, 0.15) is 16.7 Å². The van der Waals surface area contributed by atoms with Gasteiger partial charge in [-0.15, -0.1) is 0 Å². The van der Waals surface area contributed by atoms with Crippen molar-refractivity contribution in [1.82, 2.24) is 0 Å². The third-order valence-corrected chi connectivity index (χ3v) is 5.76. The Bertz CT molecular complexity index is 796. The van der Waals surface area contributed by atoms with E-state index in [1.807, 2.05) is 32.0 Å². The van der Waals surface area contributed by atoms with Gasteiger partial charge in [-0.2, -0.15) is 0 Å². The molecule has 2 aromatic carbocycles. The Morgan fingerprint density at radius 2 is 1.76 bits per heavy atom. The summed E-state index contributed by atoms with van der Waals surface area (Å²) in [7, 11) is -3.52. The molecule has 4 nitrogen and oxygen atoms in total. The van der Waals surface area contributed by atoms with Gasteiger partial charge in [0.05, 0.1) is 10.6 Å². The zero-order valence-corrected chi connectivity index (χ0v) is 12.9. The van der Waals surface area contributed by atoms with Crippen molar-refractivity contribution in [1.29, 1.82) is 0 Å². The van der Waals surface area contributed by atoms with Gasteiger partial charge in [0.25, 0.3) is 10.0 Å². The van der Waals surface area contributed by atoms with E-state index < -0.39 is 10.0 Å². The van der Waals surface area contributed by atoms with Crippen molar-refractivity contribution < 1.29 is 8.42 Å². The highest BCUT2D eigenvalue weighted by Crippen LogP contribution is 2.35. The van der Waals surface area contributed by atoms with E-state index in [1.165, 1.54) is 4.31 Å². The molecule has 0 aromatic heterocycles. The number of nitrogens with two attached hydrogens (primary N) is 1. The summed E-state index contributed by atoms with van der Waals surface area (Å²) in [6.45, 7) is 4.34. The fraction of sp³-hybridized carbons (Fsp3) is 0.250. The van der Waals surface area contributed by atoms with Gasteiger partial charge in [0.15, 0.2) is 0 Å². The fourth-order valence-corrected chi connectivity index (χ4v) is 4.13. The monoisotopic (exact) mass is 302 g/mol. The van der Waals surface area contributed by atoms with E-state index in [2.05, 4.69) is 0 Å². The standard InChI is InChI=1S/C16H18N2O2S/c1-11-3-5-14(6-4-11)21(19,20)18-8-7-13-9-12(2)15(17)10-16(13)18/h3-6,9-10H,7-8,17H2,1-2H3. The molecule has 1 aliphatic rings. The molecule has 0 unspecified atom stereocenters. The second-order valence-corrected chi connectivity index (χ2v) is 7.34. The van der Waals surface area contributed by atoms with Crippen LogP contribution in [0.15, 0.2) is 41.3 Å². The van der Waals surface area contributed by atoms with Crippen LogP contribution in [0.2, 0.25) is 0 Å². The van der Waals surface area contributed by atoms with E-state index in [1.54, 1.807) is 18.2 Å². The van der Waals surface area contributed by atoms with Gasteiger partial charge in [0.2, 0.25) is 0 Å². The molecule has 21 heavy (non-hydrogen) atoms. The van der Waals surface area contributed by atoms with Gasteiger partial charge < -0.3 is 5.73 Å². The van der Waals surface area contributed by atoms with Crippen LogP contribution < -0.4 is 10.0 Å². The maximum atomic E-state index is 12.8. The first-order valence-corrected chi connectivity index (χ1v) is 8.32. The number of sulfonamides is 1. The summed E-state index contributed by atoms with van der Waals surface area (Å²) in [6.07, 6.45) is 0.724. The smallest absolute Gasteiger partial charge is 0.264 e. The maximum absolute atomic E-state index is 12.8. The van der Waals surface area contributed by atoms with Crippen LogP contribution in [0.25, 0.3) is 0 Å². The average molecular weight is 302 g/mol. The van der Waals surface area contributed by atoms with Crippen molar-refractivity contribution in [2.24, 2.45) is 0 Å². The Hall–Kier alpha value is -2.01. The van der Waals surface area contributed by atoms with E-state index in [0.29, 0.717) is 22.8 Å². The Morgan fingerprint density at radius 3 is 2.43 bits per heavy atom. The molecular weight excluding hydrogens is 284 g/mol. The number of anilines is 2. The molecular formula is C16H18N2O2S. The normalized spacial score (nSPS) is 14.3. The van der Waals surface area contributed by atoms with Crippen LogP contribution in [-0.4, -0.2) is 15.0 Å². The lowest BCUT2D eigenvalue weighted by atomic mass is 10.1. The molecule has 0 saturated heterocycles. The van der Waals surface area contributed by atoms with Crippen molar-refractivity contribution in [2.75, 3.05) is 16.6 Å². The first-order chi connectivity index (χ1) is 9.89. The van der Waals surface area contributed by atoms with Gasteiger partial charge in [-0.1, -0.05) is 23.8 Å². The van der Waals surface area contributed by atoms with E-state index in [0.717, 1.165) is 23.1 Å². The van der Waals surface area contributed by atoms with Crippen LogP contribution >= 0.6 is 0 Å². The number of hydrogen-bond donors (Lipinski definition) is 1. The molecule has 0 spiro atoms. The number of nitrogens with zero attached hydrogens (tertiary/aromatic N) is 1. The molecule has 0 fully saturated rings. The van der Waals surface area contributed by atoms with Gasteiger partial charge in [-0.25, -0.2) is 8.42 Å². The van der Waals surface area contributed by atoms with Gasteiger partial charge in [-0.3, -0.25) is 4.31 Å². The highest BCUT2D eigenvalue weighted by atomic mass is 32.2. The predicted octanol–water partition coefficient (Wildman–Crippen LogP) is 2.64. The predicted molar refractivity (Wildman–Crippen MR) is 85.0 cm³/mol. The molecule has 0 amide bonds. The summed E-state index contributed by atoms with van der Waals surface area (Å²) >= 11 is 0. The van der Waals surface area contributed by atoms with E-state index >= 15 is 0 Å². The fourth-order valence-electron chi connectivity index (χ4n) is 2.63. The van der Waals surface area contributed by atoms with Crippen molar-refractivity contribution in [2.45, 2.75) is 25.2 Å². The number of benzene rings is 2. The van der Waals surface area contributed by atoms with Crippen molar-refractivity contribution >= 4 is 21.4 Å². The van der Waals surface area contributed by atoms with E-state index in [9.17, 15) is 8.42 Å².